The van der Waals surface area contributed by atoms with Crippen molar-refractivity contribution < 1.29 is 14.9 Å². The Morgan fingerprint density at radius 3 is 2.94 bits per heavy atom. The van der Waals surface area contributed by atoms with Gasteiger partial charge in [0.05, 0.1) is 12.9 Å². The molecule has 17 heavy (non-hydrogen) atoms. The lowest BCUT2D eigenvalue weighted by atomic mass is 10.1. The number of nitrogen functional groups attached to an aromatic ring is 1. The maximum Gasteiger partial charge on any atom is 0.167 e. The highest BCUT2D eigenvalue weighted by atomic mass is 16.6. The summed E-state index contributed by atoms with van der Waals surface area (Å²) in [6, 6.07) is 0. The number of imidazole rings is 1. The van der Waals surface area contributed by atoms with Crippen LogP contribution in [0.15, 0.2) is 12.7 Å². The Labute approximate surface area is 95.7 Å². The molecule has 0 spiro atoms. The van der Waals surface area contributed by atoms with E-state index in [1.807, 2.05) is 0 Å². The van der Waals surface area contributed by atoms with Crippen molar-refractivity contribution in [3.05, 3.63) is 12.7 Å². The van der Waals surface area contributed by atoms with E-state index in [1.54, 1.807) is 4.57 Å². The molecule has 2 aromatic heterocycles. The molecule has 1 saturated heterocycles. The molecule has 4 N–H and O–H groups in total. The first-order valence-electron chi connectivity index (χ1n) is 5.09. The van der Waals surface area contributed by atoms with Crippen molar-refractivity contribution in [3.63, 3.8) is 0 Å². The highest BCUT2D eigenvalue weighted by Gasteiger charge is 2.42. The van der Waals surface area contributed by atoms with E-state index in [9.17, 15) is 5.11 Å². The van der Waals surface area contributed by atoms with Gasteiger partial charge in [-0.2, -0.15) is 0 Å². The molecule has 8 nitrogen and oxygen atoms in total. The molecule has 0 amide bonds. The third kappa shape index (κ3) is 1.38. The Kier molecular flexibility index (Phi) is 2.21. The number of aliphatic hydroxyl groups is 2. The summed E-state index contributed by atoms with van der Waals surface area (Å²) in [5, 5.41) is 18.6. The van der Waals surface area contributed by atoms with E-state index in [4.69, 9.17) is 15.6 Å². The molecule has 8 heteroatoms. The van der Waals surface area contributed by atoms with Crippen molar-refractivity contribution in [2.24, 2.45) is 0 Å². The molecule has 3 heterocycles. The zero-order chi connectivity index (χ0) is 12.0. The van der Waals surface area contributed by atoms with Crippen LogP contribution < -0.4 is 5.73 Å². The number of anilines is 1. The van der Waals surface area contributed by atoms with E-state index in [0.29, 0.717) is 11.2 Å². The molecule has 0 aromatic carbocycles. The van der Waals surface area contributed by atoms with E-state index in [2.05, 4.69) is 15.0 Å². The van der Waals surface area contributed by atoms with Crippen LogP contribution in [0.4, 0.5) is 5.82 Å². The molecule has 0 aliphatic carbocycles. The number of hydrogen-bond acceptors (Lipinski definition) is 7. The van der Waals surface area contributed by atoms with Gasteiger partial charge in [-0.25, -0.2) is 15.0 Å². The summed E-state index contributed by atoms with van der Waals surface area (Å²) >= 11 is 0. The van der Waals surface area contributed by atoms with E-state index in [0.717, 1.165) is 0 Å². The van der Waals surface area contributed by atoms with Gasteiger partial charge in [-0.05, 0) is 0 Å². The van der Waals surface area contributed by atoms with Gasteiger partial charge in [0, 0.05) is 0 Å². The third-order valence-corrected chi connectivity index (χ3v) is 2.83. The van der Waals surface area contributed by atoms with Crippen molar-refractivity contribution in [2.45, 2.75) is 18.4 Å². The average molecular weight is 237 g/mol. The molecular formula is C9H11N5O3. The molecule has 0 bridgehead atoms. The van der Waals surface area contributed by atoms with E-state index < -0.39 is 18.4 Å². The monoisotopic (exact) mass is 237 g/mol. The van der Waals surface area contributed by atoms with Crippen LogP contribution >= 0.6 is 0 Å². The van der Waals surface area contributed by atoms with Crippen LogP contribution in [0.2, 0.25) is 0 Å². The molecule has 2 aromatic rings. The maximum atomic E-state index is 9.76. The summed E-state index contributed by atoms with van der Waals surface area (Å²) in [7, 11) is 0. The van der Waals surface area contributed by atoms with Gasteiger partial charge in [-0.3, -0.25) is 4.57 Å². The number of aromatic nitrogens is 4. The zero-order valence-electron chi connectivity index (χ0n) is 8.76. The van der Waals surface area contributed by atoms with Crippen LogP contribution in [-0.4, -0.2) is 48.5 Å². The van der Waals surface area contributed by atoms with E-state index in [-0.39, 0.29) is 12.4 Å². The number of aliphatic hydroxyl groups excluding tert-OH is 2. The molecule has 0 radical (unpaired) electrons. The summed E-state index contributed by atoms with van der Waals surface area (Å²) in [6.07, 6.45) is 0.874. The summed E-state index contributed by atoms with van der Waals surface area (Å²) in [6.45, 7) is -0.221. The first-order chi connectivity index (χ1) is 8.22. The molecule has 3 rings (SSSR count). The largest absolute Gasteiger partial charge is 0.394 e. The van der Waals surface area contributed by atoms with Crippen molar-refractivity contribution in [1.29, 1.82) is 0 Å². The smallest absolute Gasteiger partial charge is 0.167 e. The van der Waals surface area contributed by atoms with E-state index >= 15 is 0 Å². The third-order valence-electron chi connectivity index (χ3n) is 2.83. The number of hydrogen-bond donors (Lipinski definition) is 3. The summed E-state index contributed by atoms with van der Waals surface area (Å²) in [5.74, 6) is 0.279. The maximum absolute atomic E-state index is 9.76. The van der Waals surface area contributed by atoms with Gasteiger partial charge >= 0.3 is 0 Å². The van der Waals surface area contributed by atoms with Crippen molar-refractivity contribution in [2.75, 3.05) is 12.3 Å². The van der Waals surface area contributed by atoms with Crippen LogP contribution in [0.3, 0.4) is 0 Å². The highest BCUT2D eigenvalue weighted by molar-refractivity contribution is 5.81. The predicted molar refractivity (Wildman–Crippen MR) is 56.7 cm³/mol. The number of nitrogens with two attached hydrogens (primary N) is 1. The molecule has 3 atom stereocenters. The van der Waals surface area contributed by atoms with Gasteiger partial charge < -0.3 is 20.7 Å². The fourth-order valence-corrected chi connectivity index (χ4v) is 1.87. The first-order valence-corrected chi connectivity index (χ1v) is 5.09. The molecule has 0 saturated carbocycles. The standard InChI is InChI=1S/C9H11N5O3/c10-7-5-8(12-2-11-7)14(3-13-5)9-6(16)4(1-15)17-9/h2-4,6,9,15-16H,1H2,(H2,10,11,12)/t4-,6-,9+/m1/s1. The number of rotatable bonds is 2. The Morgan fingerprint density at radius 1 is 1.41 bits per heavy atom. The number of fused-ring (bicyclic) bond motifs is 1. The lowest BCUT2D eigenvalue weighted by Crippen LogP contribution is -2.52. The fraction of sp³-hybridized carbons (Fsp3) is 0.444. The topological polar surface area (TPSA) is 119 Å². The Bertz CT molecular complexity index is 557. The highest BCUT2D eigenvalue weighted by Crippen LogP contribution is 2.32. The van der Waals surface area contributed by atoms with Gasteiger partial charge in [-0.15, -0.1) is 0 Å². The van der Waals surface area contributed by atoms with Crippen molar-refractivity contribution >= 4 is 17.0 Å². The quantitative estimate of drug-likeness (QED) is 0.591. The predicted octanol–water partition coefficient (Wildman–Crippen LogP) is -1.34. The van der Waals surface area contributed by atoms with Gasteiger partial charge in [0.1, 0.15) is 24.1 Å². The van der Waals surface area contributed by atoms with Gasteiger partial charge in [0.25, 0.3) is 0 Å². The Morgan fingerprint density at radius 2 is 2.24 bits per heavy atom. The second-order valence-electron chi connectivity index (χ2n) is 3.82. The molecule has 90 valence electrons. The molecule has 1 aliphatic rings. The molecule has 0 unspecified atom stereocenters. The van der Waals surface area contributed by atoms with Crippen LogP contribution in [0.1, 0.15) is 6.23 Å². The average Bonchev–Trinajstić information content (AvgIpc) is 2.73. The summed E-state index contributed by atoms with van der Waals surface area (Å²) in [4.78, 5) is 11.9. The fourth-order valence-electron chi connectivity index (χ4n) is 1.87. The summed E-state index contributed by atoms with van der Waals surface area (Å²) in [5.41, 5.74) is 6.61. The lowest BCUT2D eigenvalue weighted by Gasteiger charge is -2.40. The minimum Gasteiger partial charge on any atom is -0.394 e. The van der Waals surface area contributed by atoms with Crippen LogP contribution in [-0.2, 0) is 4.74 Å². The minimum absolute atomic E-state index is 0.221. The van der Waals surface area contributed by atoms with Gasteiger partial charge in [-0.1, -0.05) is 0 Å². The minimum atomic E-state index is -0.784. The molecular weight excluding hydrogens is 226 g/mol. The lowest BCUT2D eigenvalue weighted by molar-refractivity contribution is -0.264. The number of ether oxygens (including phenoxy) is 1. The number of nitrogens with zero attached hydrogens (tertiary/aromatic N) is 4. The van der Waals surface area contributed by atoms with Gasteiger partial charge in [0.2, 0.25) is 0 Å². The Balaban J connectivity index is 2.00. The first kappa shape index (κ1) is 10.4. The second-order valence-corrected chi connectivity index (χ2v) is 3.82. The van der Waals surface area contributed by atoms with Crippen LogP contribution in [0.5, 0.6) is 0 Å². The van der Waals surface area contributed by atoms with Crippen molar-refractivity contribution in [1.82, 2.24) is 19.5 Å². The van der Waals surface area contributed by atoms with Crippen LogP contribution in [0, 0.1) is 0 Å². The van der Waals surface area contributed by atoms with Crippen molar-refractivity contribution in [3.8, 4) is 0 Å². The van der Waals surface area contributed by atoms with E-state index in [1.165, 1.54) is 12.7 Å². The zero-order valence-corrected chi connectivity index (χ0v) is 8.76. The van der Waals surface area contributed by atoms with Gasteiger partial charge in [0.15, 0.2) is 17.7 Å². The SMILES string of the molecule is Nc1ncnc2c1ncn2[C@H]1O[C@H](CO)[C@H]1O. The molecule has 1 aliphatic heterocycles. The van der Waals surface area contributed by atoms with Crippen LogP contribution in [0.25, 0.3) is 11.2 Å². The summed E-state index contributed by atoms with van der Waals surface area (Å²) < 4.78 is 6.89. The molecule has 1 fully saturated rings. The normalized spacial score (nSPS) is 28.2. The second kappa shape index (κ2) is 3.62. The Hall–Kier alpha value is -1.77.